The number of carbonyl (C=O) groups excluding carboxylic acids is 1. The van der Waals surface area contributed by atoms with Crippen molar-refractivity contribution in [2.45, 2.75) is 0 Å². The van der Waals surface area contributed by atoms with Crippen LogP contribution >= 0.6 is 22.6 Å². The maximum absolute atomic E-state index is 12.4. The lowest BCUT2D eigenvalue weighted by Crippen LogP contribution is -2.37. The van der Waals surface area contributed by atoms with Crippen LogP contribution in [-0.2, 0) is 24.8 Å². The van der Waals surface area contributed by atoms with E-state index >= 15 is 0 Å². The number of nitrogens with zero attached hydrogens (tertiary/aromatic N) is 2. The highest BCUT2D eigenvalue weighted by Gasteiger charge is 2.21. The number of anilines is 3. The van der Waals surface area contributed by atoms with Gasteiger partial charge in [-0.25, -0.2) is 16.8 Å². The Bertz CT molecular complexity index is 1070. The topological polar surface area (TPSA) is 104 Å². The zero-order chi connectivity index (χ0) is 21.1. The molecule has 28 heavy (non-hydrogen) atoms. The average Bonchev–Trinajstić information content (AvgIpc) is 2.58. The summed E-state index contributed by atoms with van der Waals surface area (Å²) in [5, 5.41) is 2.60. The van der Waals surface area contributed by atoms with Crippen LogP contribution in [0.25, 0.3) is 0 Å². The lowest BCUT2D eigenvalue weighted by molar-refractivity contribution is -0.114. The molecule has 2 rings (SSSR count). The van der Waals surface area contributed by atoms with E-state index in [1.54, 1.807) is 42.5 Å². The molecule has 0 spiro atoms. The van der Waals surface area contributed by atoms with Crippen LogP contribution in [0.4, 0.5) is 17.1 Å². The Labute approximate surface area is 178 Å². The highest BCUT2D eigenvalue weighted by molar-refractivity contribution is 14.1. The average molecular weight is 537 g/mol. The first-order valence-electron chi connectivity index (χ1n) is 7.95. The molecule has 0 saturated carbocycles. The van der Waals surface area contributed by atoms with Crippen LogP contribution in [0.1, 0.15) is 0 Å². The van der Waals surface area contributed by atoms with Gasteiger partial charge in [0, 0.05) is 16.3 Å². The van der Waals surface area contributed by atoms with Gasteiger partial charge in [0.25, 0.3) is 0 Å². The van der Waals surface area contributed by atoms with Gasteiger partial charge in [0.1, 0.15) is 6.54 Å². The van der Waals surface area contributed by atoms with Crippen molar-refractivity contribution in [3.8, 4) is 0 Å². The van der Waals surface area contributed by atoms with E-state index < -0.39 is 32.5 Å². The number of benzene rings is 2. The zero-order valence-electron chi connectivity index (χ0n) is 15.5. The SMILES string of the molecule is CN(c1cccc(NC(=O)CN(c2ccc(I)cc2)S(C)(=O)=O)c1)S(C)(=O)=O. The van der Waals surface area contributed by atoms with Crippen LogP contribution in [0.3, 0.4) is 0 Å². The molecule has 0 fully saturated rings. The molecular weight excluding hydrogens is 517 g/mol. The van der Waals surface area contributed by atoms with Crippen molar-refractivity contribution in [1.82, 2.24) is 0 Å². The molecule has 0 aliphatic heterocycles. The monoisotopic (exact) mass is 537 g/mol. The number of carbonyl (C=O) groups is 1. The molecule has 152 valence electrons. The van der Waals surface area contributed by atoms with Gasteiger partial charge >= 0.3 is 0 Å². The summed E-state index contributed by atoms with van der Waals surface area (Å²) in [7, 11) is -5.72. The lowest BCUT2D eigenvalue weighted by Gasteiger charge is -2.22. The summed E-state index contributed by atoms with van der Waals surface area (Å²) in [5.41, 5.74) is 1.11. The van der Waals surface area contributed by atoms with E-state index in [4.69, 9.17) is 0 Å². The fourth-order valence-electron chi connectivity index (χ4n) is 2.31. The van der Waals surface area contributed by atoms with Gasteiger partial charge in [-0.3, -0.25) is 13.4 Å². The van der Waals surface area contributed by atoms with Gasteiger partial charge in [-0.05, 0) is 65.1 Å². The van der Waals surface area contributed by atoms with Crippen molar-refractivity contribution >= 4 is 65.6 Å². The lowest BCUT2D eigenvalue weighted by atomic mass is 10.2. The standard InChI is InChI=1S/C17H20IN3O5S2/c1-20(27(2,23)24)16-6-4-5-14(11-16)19-17(22)12-21(28(3,25)26)15-9-7-13(18)8-10-15/h4-11H,12H2,1-3H3,(H,19,22). The molecule has 8 nitrogen and oxygen atoms in total. The Balaban J connectivity index is 2.21. The van der Waals surface area contributed by atoms with E-state index in [2.05, 4.69) is 27.9 Å². The third-order valence-electron chi connectivity index (χ3n) is 3.79. The summed E-state index contributed by atoms with van der Waals surface area (Å²) < 4.78 is 50.6. The molecule has 0 aliphatic carbocycles. The van der Waals surface area contributed by atoms with E-state index in [-0.39, 0.29) is 0 Å². The van der Waals surface area contributed by atoms with Crippen molar-refractivity contribution in [3.63, 3.8) is 0 Å². The summed E-state index contributed by atoms with van der Waals surface area (Å²) in [6.07, 6.45) is 2.10. The predicted octanol–water partition coefficient (Wildman–Crippen LogP) is 2.09. The predicted molar refractivity (Wildman–Crippen MR) is 120 cm³/mol. The van der Waals surface area contributed by atoms with Gasteiger partial charge < -0.3 is 5.32 Å². The van der Waals surface area contributed by atoms with Gasteiger partial charge in [0.15, 0.2) is 0 Å². The van der Waals surface area contributed by atoms with Crippen LogP contribution in [0.15, 0.2) is 48.5 Å². The molecular formula is C17H20IN3O5S2. The van der Waals surface area contributed by atoms with Gasteiger partial charge in [0.05, 0.1) is 23.9 Å². The minimum Gasteiger partial charge on any atom is -0.324 e. The Morgan fingerprint density at radius 1 is 0.964 bits per heavy atom. The molecule has 0 atom stereocenters. The second kappa shape index (κ2) is 8.66. The van der Waals surface area contributed by atoms with Gasteiger partial charge in [-0.1, -0.05) is 6.07 Å². The third kappa shape index (κ3) is 6.07. The second-order valence-corrected chi connectivity index (χ2v) is 11.2. The molecule has 0 saturated heterocycles. The number of hydrogen-bond donors (Lipinski definition) is 1. The van der Waals surface area contributed by atoms with E-state index in [1.165, 1.54) is 13.1 Å². The number of rotatable bonds is 7. The molecule has 2 aromatic rings. The molecule has 0 aromatic heterocycles. The van der Waals surface area contributed by atoms with Crippen molar-refractivity contribution < 1.29 is 21.6 Å². The summed E-state index contributed by atoms with van der Waals surface area (Å²) in [6, 6.07) is 13.0. The van der Waals surface area contributed by atoms with E-state index in [9.17, 15) is 21.6 Å². The smallest absolute Gasteiger partial charge is 0.245 e. The largest absolute Gasteiger partial charge is 0.324 e. The number of nitrogens with one attached hydrogen (secondary N) is 1. The van der Waals surface area contributed by atoms with Crippen LogP contribution < -0.4 is 13.9 Å². The van der Waals surface area contributed by atoms with E-state index in [1.807, 2.05) is 0 Å². The number of sulfonamides is 2. The molecule has 1 amide bonds. The molecule has 0 heterocycles. The Morgan fingerprint density at radius 2 is 1.57 bits per heavy atom. The molecule has 0 aliphatic rings. The molecule has 2 aromatic carbocycles. The summed E-state index contributed by atoms with van der Waals surface area (Å²) in [5.74, 6) is -0.553. The maximum Gasteiger partial charge on any atom is 0.245 e. The Morgan fingerprint density at radius 3 is 2.11 bits per heavy atom. The first kappa shape index (κ1) is 22.4. The molecule has 0 bridgehead atoms. The van der Waals surface area contributed by atoms with Crippen LogP contribution in [0, 0.1) is 3.57 Å². The Hall–Kier alpha value is -1.86. The molecule has 0 unspecified atom stereocenters. The molecule has 1 N–H and O–H groups in total. The first-order chi connectivity index (χ1) is 12.9. The summed E-state index contributed by atoms with van der Waals surface area (Å²) >= 11 is 2.10. The normalized spacial score (nSPS) is 11.7. The minimum absolute atomic E-state index is 0.356. The number of halogens is 1. The summed E-state index contributed by atoms with van der Waals surface area (Å²) in [4.78, 5) is 12.4. The minimum atomic E-state index is -3.68. The number of amides is 1. The van der Waals surface area contributed by atoms with Crippen molar-refractivity contribution in [1.29, 1.82) is 0 Å². The maximum atomic E-state index is 12.4. The zero-order valence-corrected chi connectivity index (χ0v) is 19.2. The fraction of sp³-hybridized carbons (Fsp3) is 0.235. The van der Waals surface area contributed by atoms with Gasteiger partial charge in [-0.15, -0.1) is 0 Å². The Kier molecular flexibility index (Phi) is 6.93. The van der Waals surface area contributed by atoms with Crippen LogP contribution in [-0.4, -0.2) is 48.8 Å². The highest BCUT2D eigenvalue weighted by Crippen LogP contribution is 2.22. The fourth-order valence-corrected chi connectivity index (χ4v) is 4.02. The highest BCUT2D eigenvalue weighted by atomic mass is 127. The van der Waals surface area contributed by atoms with E-state index in [0.29, 0.717) is 17.1 Å². The van der Waals surface area contributed by atoms with E-state index in [0.717, 1.165) is 24.7 Å². The van der Waals surface area contributed by atoms with Gasteiger partial charge in [-0.2, -0.15) is 0 Å². The number of hydrogen-bond acceptors (Lipinski definition) is 5. The van der Waals surface area contributed by atoms with Crippen molar-refractivity contribution in [2.75, 3.05) is 40.0 Å². The van der Waals surface area contributed by atoms with Gasteiger partial charge in [0.2, 0.25) is 26.0 Å². The summed E-state index contributed by atoms with van der Waals surface area (Å²) in [6.45, 7) is -0.411. The van der Waals surface area contributed by atoms with Crippen LogP contribution in [0.2, 0.25) is 0 Å². The molecule has 11 heteroatoms. The first-order valence-corrected chi connectivity index (χ1v) is 12.7. The second-order valence-electron chi connectivity index (χ2n) is 6.08. The van der Waals surface area contributed by atoms with Crippen molar-refractivity contribution in [3.05, 3.63) is 52.1 Å². The quantitative estimate of drug-likeness (QED) is 0.545. The molecule has 0 radical (unpaired) electrons. The van der Waals surface area contributed by atoms with Crippen molar-refractivity contribution in [2.24, 2.45) is 0 Å². The third-order valence-corrected chi connectivity index (χ3v) is 6.86. The van der Waals surface area contributed by atoms with Crippen LogP contribution in [0.5, 0.6) is 0 Å².